The minimum atomic E-state index is -0.773. The summed E-state index contributed by atoms with van der Waals surface area (Å²) in [7, 11) is 0. The van der Waals surface area contributed by atoms with Gasteiger partial charge in [0, 0.05) is 16.7 Å². The number of hydrazone groups is 1. The van der Waals surface area contributed by atoms with Crippen molar-refractivity contribution in [1.29, 1.82) is 0 Å². The van der Waals surface area contributed by atoms with Gasteiger partial charge in [0.1, 0.15) is 17.2 Å². The number of phenols is 2. The van der Waals surface area contributed by atoms with E-state index in [4.69, 9.17) is 16.3 Å². The first kappa shape index (κ1) is 18.6. The van der Waals surface area contributed by atoms with Gasteiger partial charge in [0.15, 0.2) is 6.10 Å². The first-order valence-corrected chi connectivity index (χ1v) is 7.95. The zero-order chi connectivity index (χ0) is 18.6. The van der Waals surface area contributed by atoms with E-state index >= 15 is 0 Å². The first-order chi connectivity index (χ1) is 11.8. The van der Waals surface area contributed by atoms with Crippen molar-refractivity contribution < 1.29 is 19.7 Å². The van der Waals surface area contributed by atoms with Crippen LogP contribution in [0.5, 0.6) is 17.2 Å². The number of nitrogens with one attached hydrogen (secondary N) is 1. The third kappa shape index (κ3) is 4.87. The Balaban J connectivity index is 2.03. The number of aromatic hydroxyl groups is 2. The number of ether oxygens (including phenoxy) is 1. The number of carbonyl (C=O) groups excluding carboxylic acids is 1. The summed E-state index contributed by atoms with van der Waals surface area (Å²) in [5.74, 6) is -0.0640. The highest BCUT2D eigenvalue weighted by Gasteiger charge is 2.16. The standard InChI is InChI=1S/C18H19ClN2O4/c1-10-8-13(19)4-7-17(10)25-12(3)18(24)21-20-11(2)15-6-5-14(22)9-16(15)23/h4-9,12,22-23H,1-3H3,(H,21,24)/b20-11+. The van der Waals surface area contributed by atoms with Gasteiger partial charge in [0.05, 0.1) is 5.71 Å². The van der Waals surface area contributed by atoms with E-state index in [2.05, 4.69) is 10.5 Å². The van der Waals surface area contributed by atoms with Crippen LogP contribution in [-0.2, 0) is 4.79 Å². The van der Waals surface area contributed by atoms with Crippen LogP contribution in [0, 0.1) is 6.92 Å². The number of halogens is 1. The number of carbonyl (C=O) groups is 1. The lowest BCUT2D eigenvalue weighted by Crippen LogP contribution is -2.34. The van der Waals surface area contributed by atoms with Crippen LogP contribution in [0.2, 0.25) is 5.02 Å². The number of benzene rings is 2. The average molecular weight is 363 g/mol. The summed E-state index contributed by atoms with van der Waals surface area (Å²) in [6.07, 6.45) is -0.773. The van der Waals surface area contributed by atoms with Crippen LogP contribution >= 0.6 is 11.6 Å². The molecule has 0 saturated heterocycles. The van der Waals surface area contributed by atoms with Crippen LogP contribution in [0.3, 0.4) is 0 Å². The third-order valence-corrected chi connectivity index (χ3v) is 3.75. The molecule has 2 aromatic rings. The summed E-state index contributed by atoms with van der Waals surface area (Å²) in [5.41, 5.74) is 4.01. The highest BCUT2D eigenvalue weighted by Crippen LogP contribution is 2.24. The summed E-state index contributed by atoms with van der Waals surface area (Å²) in [4.78, 5) is 12.1. The van der Waals surface area contributed by atoms with E-state index in [-0.39, 0.29) is 11.5 Å². The first-order valence-electron chi connectivity index (χ1n) is 7.57. The summed E-state index contributed by atoms with van der Waals surface area (Å²) in [5, 5.41) is 23.6. The van der Waals surface area contributed by atoms with Crippen molar-refractivity contribution in [2.24, 2.45) is 5.10 Å². The minimum Gasteiger partial charge on any atom is -0.508 e. The second-order valence-electron chi connectivity index (χ2n) is 5.54. The molecule has 0 bridgehead atoms. The molecule has 0 fully saturated rings. The van der Waals surface area contributed by atoms with Crippen LogP contribution in [0.25, 0.3) is 0 Å². The molecule has 3 N–H and O–H groups in total. The van der Waals surface area contributed by atoms with Gasteiger partial charge in [-0.2, -0.15) is 5.10 Å². The van der Waals surface area contributed by atoms with Gasteiger partial charge in [-0.05, 0) is 56.7 Å². The Bertz CT molecular complexity index is 821. The van der Waals surface area contributed by atoms with E-state index in [1.807, 2.05) is 6.92 Å². The molecule has 0 aliphatic heterocycles. The van der Waals surface area contributed by atoms with Crippen molar-refractivity contribution >= 4 is 23.2 Å². The maximum Gasteiger partial charge on any atom is 0.280 e. The molecule has 0 saturated carbocycles. The Hall–Kier alpha value is -2.73. The molecule has 2 aromatic carbocycles. The molecule has 7 heteroatoms. The lowest BCUT2D eigenvalue weighted by Gasteiger charge is -2.15. The molecule has 1 amide bonds. The second kappa shape index (κ2) is 7.90. The van der Waals surface area contributed by atoms with Crippen molar-refractivity contribution in [2.75, 3.05) is 0 Å². The summed E-state index contributed by atoms with van der Waals surface area (Å²) >= 11 is 5.89. The van der Waals surface area contributed by atoms with E-state index in [9.17, 15) is 15.0 Å². The number of hydrogen-bond acceptors (Lipinski definition) is 5. The van der Waals surface area contributed by atoms with Crippen molar-refractivity contribution in [3.8, 4) is 17.2 Å². The van der Waals surface area contributed by atoms with E-state index in [1.54, 1.807) is 32.0 Å². The molecule has 1 unspecified atom stereocenters. The molecule has 0 aliphatic rings. The van der Waals surface area contributed by atoms with Gasteiger partial charge in [0.25, 0.3) is 5.91 Å². The predicted molar refractivity (Wildman–Crippen MR) is 96.4 cm³/mol. The van der Waals surface area contributed by atoms with Gasteiger partial charge in [-0.3, -0.25) is 4.79 Å². The molecule has 6 nitrogen and oxygen atoms in total. The Morgan fingerprint density at radius 2 is 1.96 bits per heavy atom. The van der Waals surface area contributed by atoms with Crippen LogP contribution in [0.15, 0.2) is 41.5 Å². The monoisotopic (exact) mass is 362 g/mol. The molecule has 0 aromatic heterocycles. The van der Waals surface area contributed by atoms with Crippen molar-refractivity contribution in [3.63, 3.8) is 0 Å². The fourth-order valence-corrected chi connectivity index (χ4v) is 2.33. The second-order valence-corrected chi connectivity index (χ2v) is 5.98. The van der Waals surface area contributed by atoms with Crippen molar-refractivity contribution in [2.45, 2.75) is 26.9 Å². The summed E-state index contributed by atoms with van der Waals surface area (Å²) < 4.78 is 5.62. The molecule has 1 atom stereocenters. The summed E-state index contributed by atoms with van der Waals surface area (Å²) in [6.45, 7) is 5.06. The third-order valence-electron chi connectivity index (χ3n) is 3.51. The van der Waals surface area contributed by atoms with Crippen LogP contribution in [0.4, 0.5) is 0 Å². The van der Waals surface area contributed by atoms with Gasteiger partial charge >= 0.3 is 0 Å². The Kier molecular flexibility index (Phi) is 5.88. The fraction of sp³-hybridized carbons (Fsp3) is 0.222. The molecular weight excluding hydrogens is 344 g/mol. The lowest BCUT2D eigenvalue weighted by molar-refractivity contribution is -0.127. The van der Waals surface area contributed by atoms with Crippen LogP contribution < -0.4 is 10.2 Å². The molecule has 132 valence electrons. The molecule has 2 rings (SSSR count). The number of rotatable bonds is 5. The summed E-state index contributed by atoms with van der Waals surface area (Å²) in [6, 6.07) is 9.26. The van der Waals surface area contributed by atoms with E-state index in [1.165, 1.54) is 18.2 Å². The largest absolute Gasteiger partial charge is 0.508 e. The number of nitrogens with zero attached hydrogens (tertiary/aromatic N) is 1. The minimum absolute atomic E-state index is 0.0570. The van der Waals surface area contributed by atoms with E-state index in [0.717, 1.165) is 5.56 Å². The lowest BCUT2D eigenvalue weighted by atomic mass is 10.1. The fourth-order valence-electron chi connectivity index (χ4n) is 2.11. The highest BCUT2D eigenvalue weighted by atomic mass is 35.5. The van der Waals surface area contributed by atoms with Crippen molar-refractivity contribution in [3.05, 3.63) is 52.5 Å². The SMILES string of the molecule is C/C(=N\NC(=O)C(C)Oc1ccc(Cl)cc1C)c1ccc(O)cc1O. The quantitative estimate of drug-likeness (QED) is 0.561. The Morgan fingerprint density at radius 1 is 1.24 bits per heavy atom. The van der Waals surface area contributed by atoms with Gasteiger partial charge in [0.2, 0.25) is 0 Å². The van der Waals surface area contributed by atoms with Gasteiger partial charge in [-0.15, -0.1) is 0 Å². The highest BCUT2D eigenvalue weighted by molar-refractivity contribution is 6.30. The number of hydrogen-bond donors (Lipinski definition) is 3. The Labute approximate surface area is 150 Å². The topological polar surface area (TPSA) is 91.2 Å². The van der Waals surface area contributed by atoms with E-state index < -0.39 is 12.0 Å². The molecule has 0 heterocycles. The average Bonchev–Trinajstić information content (AvgIpc) is 2.54. The maximum absolute atomic E-state index is 12.1. The normalized spacial score (nSPS) is 12.6. The maximum atomic E-state index is 12.1. The zero-order valence-corrected chi connectivity index (χ0v) is 14.8. The molecule has 25 heavy (non-hydrogen) atoms. The molecule has 0 radical (unpaired) electrons. The zero-order valence-electron chi connectivity index (χ0n) is 14.1. The van der Waals surface area contributed by atoms with E-state index in [0.29, 0.717) is 22.0 Å². The Morgan fingerprint density at radius 3 is 2.60 bits per heavy atom. The predicted octanol–water partition coefficient (Wildman–Crippen LogP) is 3.37. The van der Waals surface area contributed by atoms with Crippen LogP contribution in [-0.4, -0.2) is 27.9 Å². The number of phenolic OH excluding ortho intramolecular Hbond substituents is 2. The van der Waals surface area contributed by atoms with Crippen molar-refractivity contribution in [1.82, 2.24) is 5.43 Å². The smallest absolute Gasteiger partial charge is 0.280 e. The number of aryl methyl sites for hydroxylation is 1. The molecule has 0 aliphatic carbocycles. The van der Waals surface area contributed by atoms with Gasteiger partial charge in [-0.25, -0.2) is 5.43 Å². The molecular formula is C18H19ClN2O4. The van der Waals surface area contributed by atoms with Gasteiger partial charge < -0.3 is 14.9 Å². The van der Waals surface area contributed by atoms with Gasteiger partial charge in [-0.1, -0.05) is 11.6 Å². The number of amides is 1. The molecule has 0 spiro atoms. The van der Waals surface area contributed by atoms with Crippen LogP contribution in [0.1, 0.15) is 25.0 Å².